The third kappa shape index (κ3) is 2.70. The van der Waals surface area contributed by atoms with Crippen LogP contribution in [0.3, 0.4) is 0 Å². The minimum Gasteiger partial charge on any atom is -0.478 e. The summed E-state index contributed by atoms with van der Waals surface area (Å²) < 4.78 is 48.6. The molecule has 10 heteroatoms. The second-order valence-electron chi connectivity index (χ2n) is 3.98. The fourth-order valence-corrected chi connectivity index (χ4v) is 4.73. The van der Waals surface area contributed by atoms with Crippen molar-refractivity contribution < 1.29 is 32.1 Å². The van der Waals surface area contributed by atoms with Crippen LogP contribution in [0.5, 0.6) is 0 Å². The number of fused-ring (bicyclic) bond motifs is 1. The quantitative estimate of drug-likeness (QED) is 0.870. The van der Waals surface area contributed by atoms with E-state index in [0.717, 1.165) is 0 Å². The van der Waals surface area contributed by atoms with E-state index >= 15 is 0 Å². The molecule has 0 aromatic carbocycles. The summed E-state index contributed by atoms with van der Waals surface area (Å²) in [5.74, 6) is -3.36. The van der Waals surface area contributed by atoms with Crippen LogP contribution >= 0.6 is 11.3 Å². The van der Waals surface area contributed by atoms with Crippen LogP contribution in [0.25, 0.3) is 0 Å². The molecular weight excluding hydrogens is 319 g/mol. The number of hydrogen-bond acceptors (Lipinski definition) is 4. The van der Waals surface area contributed by atoms with Gasteiger partial charge in [-0.05, 0) is 18.4 Å². The number of thiophene rings is 1. The van der Waals surface area contributed by atoms with Gasteiger partial charge in [0.2, 0.25) is 0 Å². The molecule has 1 aromatic heterocycles. The van der Waals surface area contributed by atoms with Crippen LogP contribution in [0.15, 0.2) is 4.21 Å². The Hall–Kier alpha value is -1.42. The van der Waals surface area contributed by atoms with Gasteiger partial charge in [-0.2, -0.15) is 13.2 Å². The van der Waals surface area contributed by atoms with Crippen molar-refractivity contribution in [3.05, 3.63) is 11.1 Å². The SMILES string of the molecule is O=C(O)c1c(NC(=O)C(F)(F)F)sc2c1CCCS2=O. The Morgan fingerprint density at radius 2 is 2.00 bits per heavy atom. The van der Waals surface area contributed by atoms with E-state index in [9.17, 15) is 27.0 Å². The fraction of sp³-hybridized carbons (Fsp3) is 0.400. The summed E-state index contributed by atoms with van der Waals surface area (Å²) in [4.78, 5) is 22.1. The summed E-state index contributed by atoms with van der Waals surface area (Å²) in [6.07, 6.45) is -4.30. The van der Waals surface area contributed by atoms with Crippen LogP contribution in [0.1, 0.15) is 22.3 Å². The van der Waals surface area contributed by atoms with E-state index < -0.39 is 39.4 Å². The van der Waals surface area contributed by atoms with Crippen molar-refractivity contribution in [2.45, 2.75) is 23.2 Å². The largest absolute Gasteiger partial charge is 0.478 e. The van der Waals surface area contributed by atoms with Gasteiger partial charge < -0.3 is 10.4 Å². The number of carbonyl (C=O) groups is 2. The Balaban J connectivity index is 2.46. The van der Waals surface area contributed by atoms with Crippen molar-refractivity contribution in [3.8, 4) is 0 Å². The van der Waals surface area contributed by atoms with Crippen molar-refractivity contribution in [1.29, 1.82) is 0 Å². The molecule has 0 saturated carbocycles. The average Bonchev–Trinajstić information content (AvgIpc) is 2.67. The number of halogens is 3. The van der Waals surface area contributed by atoms with Crippen LogP contribution in [-0.4, -0.2) is 33.1 Å². The predicted octanol–water partition coefficient (Wildman–Crippen LogP) is 2.00. The summed E-state index contributed by atoms with van der Waals surface area (Å²) in [5, 5.41) is 10.2. The highest BCUT2D eigenvalue weighted by molar-refractivity contribution is 7.87. The first-order valence-corrected chi connectivity index (χ1v) is 7.51. The first-order valence-electron chi connectivity index (χ1n) is 5.37. The highest BCUT2D eigenvalue weighted by Gasteiger charge is 2.40. The first-order chi connectivity index (χ1) is 9.21. The molecule has 2 heterocycles. The maximum absolute atomic E-state index is 12.2. The van der Waals surface area contributed by atoms with Crippen molar-refractivity contribution in [3.63, 3.8) is 0 Å². The van der Waals surface area contributed by atoms with Crippen LogP contribution in [0.4, 0.5) is 18.2 Å². The molecule has 0 aliphatic carbocycles. The zero-order chi connectivity index (χ0) is 15.1. The van der Waals surface area contributed by atoms with Crippen molar-refractivity contribution >= 4 is 39.0 Å². The van der Waals surface area contributed by atoms with Crippen molar-refractivity contribution in [2.75, 3.05) is 11.1 Å². The van der Waals surface area contributed by atoms with E-state index in [0.29, 0.717) is 29.9 Å². The summed E-state index contributed by atoms with van der Waals surface area (Å²) in [7, 11) is -1.43. The predicted molar refractivity (Wildman–Crippen MR) is 65.6 cm³/mol. The van der Waals surface area contributed by atoms with Gasteiger partial charge in [-0.1, -0.05) is 0 Å². The molecule has 0 saturated heterocycles. The molecule has 1 aliphatic rings. The standard InChI is InChI=1S/C10H8F3NO4S2/c11-10(12,13)9(17)14-6-5(7(15)16)4-2-1-3-20(18)8(4)19-6/h1-3H2,(H,14,17)(H,15,16). The maximum atomic E-state index is 12.2. The number of carbonyl (C=O) groups excluding carboxylic acids is 1. The average molecular weight is 327 g/mol. The number of carboxylic acids is 1. The fourth-order valence-electron chi connectivity index (χ4n) is 1.82. The second kappa shape index (κ2) is 5.17. The molecule has 2 N–H and O–H groups in total. The van der Waals surface area contributed by atoms with E-state index in [-0.39, 0.29) is 9.77 Å². The topological polar surface area (TPSA) is 83.5 Å². The number of hydrogen-bond donors (Lipinski definition) is 2. The molecule has 2 rings (SSSR count). The van der Waals surface area contributed by atoms with Crippen LogP contribution in [0.2, 0.25) is 0 Å². The summed E-state index contributed by atoms with van der Waals surface area (Å²) in [6.45, 7) is 0. The molecule has 1 aromatic rings. The molecule has 1 aliphatic heterocycles. The van der Waals surface area contributed by atoms with E-state index in [1.165, 1.54) is 0 Å². The van der Waals surface area contributed by atoms with Gasteiger partial charge in [0.05, 0.1) is 20.6 Å². The zero-order valence-corrected chi connectivity index (χ0v) is 11.4. The first kappa shape index (κ1) is 15.0. The lowest BCUT2D eigenvalue weighted by Crippen LogP contribution is -2.30. The molecule has 1 atom stereocenters. The zero-order valence-electron chi connectivity index (χ0n) is 9.74. The Morgan fingerprint density at radius 1 is 1.35 bits per heavy atom. The molecule has 1 unspecified atom stereocenters. The van der Waals surface area contributed by atoms with E-state index in [1.54, 1.807) is 5.32 Å². The minimum absolute atomic E-state index is 0.228. The van der Waals surface area contributed by atoms with E-state index in [4.69, 9.17) is 5.11 Å². The molecule has 0 bridgehead atoms. The Morgan fingerprint density at radius 3 is 2.55 bits per heavy atom. The smallest absolute Gasteiger partial charge is 0.471 e. The molecule has 20 heavy (non-hydrogen) atoms. The van der Waals surface area contributed by atoms with Gasteiger partial charge in [0.1, 0.15) is 5.00 Å². The summed E-state index contributed by atoms with van der Waals surface area (Å²) in [6, 6.07) is 0. The molecule has 1 amide bonds. The number of alkyl halides is 3. The number of anilines is 1. The monoisotopic (exact) mass is 327 g/mol. The molecule has 110 valence electrons. The van der Waals surface area contributed by atoms with Gasteiger partial charge in [-0.25, -0.2) is 4.79 Å². The molecular formula is C10H8F3NO4S2. The Labute approximate surface area is 117 Å². The number of rotatable bonds is 2. The Bertz CT molecular complexity index is 608. The number of aromatic carboxylic acids is 1. The summed E-state index contributed by atoms with van der Waals surface area (Å²) >= 11 is 0.630. The molecule has 0 radical (unpaired) electrons. The third-order valence-corrected chi connectivity index (χ3v) is 5.70. The van der Waals surface area contributed by atoms with Gasteiger partial charge in [0, 0.05) is 5.75 Å². The van der Waals surface area contributed by atoms with Gasteiger partial charge in [-0.3, -0.25) is 9.00 Å². The van der Waals surface area contributed by atoms with Gasteiger partial charge >= 0.3 is 18.1 Å². The molecule has 0 spiro atoms. The maximum Gasteiger partial charge on any atom is 0.471 e. The number of amides is 1. The van der Waals surface area contributed by atoms with Crippen LogP contribution in [-0.2, 0) is 22.0 Å². The highest BCUT2D eigenvalue weighted by Crippen LogP contribution is 2.39. The lowest BCUT2D eigenvalue weighted by Gasteiger charge is -2.10. The normalized spacial score (nSPS) is 18.4. The molecule has 0 fully saturated rings. The lowest BCUT2D eigenvalue weighted by molar-refractivity contribution is -0.167. The number of carboxylic acid groups (broad SMARTS) is 1. The van der Waals surface area contributed by atoms with E-state index in [1.807, 2.05) is 0 Å². The van der Waals surface area contributed by atoms with Crippen LogP contribution < -0.4 is 5.32 Å². The van der Waals surface area contributed by atoms with Crippen molar-refractivity contribution in [2.24, 2.45) is 0 Å². The van der Waals surface area contributed by atoms with Crippen molar-refractivity contribution in [1.82, 2.24) is 0 Å². The van der Waals surface area contributed by atoms with Gasteiger partial charge in [0.25, 0.3) is 0 Å². The van der Waals surface area contributed by atoms with Gasteiger partial charge in [0.15, 0.2) is 0 Å². The van der Waals surface area contributed by atoms with E-state index in [2.05, 4.69) is 0 Å². The highest BCUT2D eigenvalue weighted by atomic mass is 32.2. The molecule has 5 nitrogen and oxygen atoms in total. The summed E-state index contributed by atoms with van der Waals surface area (Å²) in [5.41, 5.74) is -0.139. The Kier molecular flexibility index (Phi) is 3.87. The second-order valence-corrected chi connectivity index (χ2v) is 6.77. The van der Waals surface area contributed by atoms with Gasteiger partial charge in [-0.15, -0.1) is 11.3 Å². The minimum atomic E-state index is -5.11. The number of nitrogens with one attached hydrogen (secondary N) is 1. The third-order valence-electron chi connectivity index (χ3n) is 2.63. The lowest BCUT2D eigenvalue weighted by atomic mass is 10.1. The van der Waals surface area contributed by atoms with Crippen LogP contribution in [0, 0.1) is 0 Å².